The predicted octanol–water partition coefficient (Wildman–Crippen LogP) is 0.248. The van der Waals surface area contributed by atoms with Crippen LogP contribution in [0.15, 0.2) is 10.7 Å². The number of sulfonamides is 1. The molecule has 0 unspecified atom stereocenters. The first-order chi connectivity index (χ1) is 6.03. The predicted molar refractivity (Wildman–Crippen MR) is 44.3 cm³/mol. The number of aryl methyl sites for hydroxylation is 1. The topological polar surface area (TPSA) is 96.0 Å². The third-order valence-electron chi connectivity index (χ3n) is 1.12. The van der Waals surface area contributed by atoms with Crippen LogP contribution in [0.2, 0.25) is 0 Å². The Morgan fingerprint density at radius 1 is 1.77 bits per heavy atom. The molecule has 1 rings (SSSR count). The SMILES string of the molecule is Cc1coc(NS(=O)(=O)CC#N)n1. The van der Waals surface area contributed by atoms with E-state index in [1.165, 1.54) is 12.3 Å². The van der Waals surface area contributed by atoms with E-state index < -0.39 is 15.8 Å². The summed E-state index contributed by atoms with van der Waals surface area (Å²) in [5.74, 6) is -0.617. The van der Waals surface area contributed by atoms with Crippen molar-refractivity contribution in [2.45, 2.75) is 6.92 Å². The minimum atomic E-state index is -3.64. The molecule has 0 saturated carbocycles. The lowest BCUT2D eigenvalue weighted by atomic mass is 10.6. The van der Waals surface area contributed by atoms with E-state index in [1.807, 2.05) is 4.72 Å². The molecule has 0 spiro atoms. The molecule has 70 valence electrons. The van der Waals surface area contributed by atoms with Gasteiger partial charge in [-0.25, -0.2) is 13.1 Å². The molecule has 0 atom stereocenters. The number of rotatable bonds is 3. The van der Waals surface area contributed by atoms with Crippen molar-refractivity contribution in [1.82, 2.24) is 4.98 Å². The Kier molecular flexibility index (Phi) is 2.53. The molecule has 0 fully saturated rings. The fourth-order valence-corrected chi connectivity index (χ4v) is 1.26. The molecule has 0 amide bonds. The van der Waals surface area contributed by atoms with E-state index in [-0.39, 0.29) is 6.01 Å². The normalized spacial score (nSPS) is 10.8. The molecule has 6 nitrogen and oxygen atoms in total. The van der Waals surface area contributed by atoms with Crippen molar-refractivity contribution >= 4 is 16.0 Å². The van der Waals surface area contributed by atoms with Crippen molar-refractivity contribution in [3.05, 3.63) is 12.0 Å². The summed E-state index contributed by atoms with van der Waals surface area (Å²) in [6.07, 6.45) is 1.31. The Labute approximate surface area is 75.2 Å². The maximum Gasteiger partial charge on any atom is 0.308 e. The van der Waals surface area contributed by atoms with Crippen LogP contribution >= 0.6 is 0 Å². The average molecular weight is 201 g/mol. The zero-order valence-electron chi connectivity index (χ0n) is 6.81. The molecule has 0 radical (unpaired) electrons. The van der Waals surface area contributed by atoms with Gasteiger partial charge in [0.15, 0.2) is 5.75 Å². The van der Waals surface area contributed by atoms with Crippen molar-refractivity contribution in [3.63, 3.8) is 0 Å². The highest BCUT2D eigenvalue weighted by Gasteiger charge is 2.12. The quantitative estimate of drug-likeness (QED) is 0.756. The second kappa shape index (κ2) is 3.45. The van der Waals surface area contributed by atoms with Gasteiger partial charge in [0.05, 0.1) is 11.8 Å². The number of hydrogen-bond acceptors (Lipinski definition) is 5. The first-order valence-corrected chi connectivity index (χ1v) is 4.98. The summed E-state index contributed by atoms with van der Waals surface area (Å²) in [4.78, 5) is 3.71. The molecular weight excluding hydrogens is 194 g/mol. The highest BCUT2D eigenvalue weighted by molar-refractivity contribution is 7.92. The van der Waals surface area contributed by atoms with Crippen molar-refractivity contribution in [2.24, 2.45) is 0 Å². The van der Waals surface area contributed by atoms with Gasteiger partial charge in [0.1, 0.15) is 6.26 Å². The highest BCUT2D eigenvalue weighted by Crippen LogP contribution is 2.07. The zero-order chi connectivity index (χ0) is 9.90. The van der Waals surface area contributed by atoms with E-state index in [0.717, 1.165) is 0 Å². The standard InChI is InChI=1S/C6H7N3O3S/c1-5-4-12-6(8-5)9-13(10,11)3-2-7/h4H,3H2,1H3,(H,8,9). The van der Waals surface area contributed by atoms with Crippen molar-refractivity contribution in [3.8, 4) is 6.07 Å². The molecule has 0 bridgehead atoms. The first kappa shape index (κ1) is 9.54. The lowest BCUT2D eigenvalue weighted by molar-refractivity contribution is 0.570. The molecule has 1 aromatic heterocycles. The molecule has 0 aliphatic heterocycles. The number of nitrogens with zero attached hydrogens (tertiary/aromatic N) is 2. The molecule has 13 heavy (non-hydrogen) atoms. The summed E-state index contributed by atoms with van der Waals surface area (Å²) >= 11 is 0. The molecule has 0 aliphatic rings. The molecule has 0 aromatic carbocycles. The average Bonchev–Trinajstić information content (AvgIpc) is 2.34. The Morgan fingerprint density at radius 3 is 2.92 bits per heavy atom. The minimum absolute atomic E-state index is 0.118. The smallest absolute Gasteiger partial charge is 0.308 e. The van der Waals surface area contributed by atoms with Crippen LogP contribution in [0.1, 0.15) is 5.69 Å². The van der Waals surface area contributed by atoms with Gasteiger partial charge in [-0.05, 0) is 6.92 Å². The van der Waals surface area contributed by atoms with Gasteiger partial charge < -0.3 is 4.42 Å². The molecule has 0 saturated heterocycles. The van der Waals surface area contributed by atoms with Crippen LogP contribution < -0.4 is 4.72 Å². The summed E-state index contributed by atoms with van der Waals surface area (Å²) < 4.78 is 28.7. The van der Waals surface area contributed by atoms with Gasteiger partial charge in [0.2, 0.25) is 10.0 Å². The fraction of sp³-hybridized carbons (Fsp3) is 0.333. The summed E-state index contributed by atoms with van der Waals surface area (Å²) in [5, 5.41) is 8.16. The summed E-state index contributed by atoms with van der Waals surface area (Å²) in [7, 11) is -3.64. The van der Waals surface area contributed by atoms with E-state index in [1.54, 1.807) is 6.92 Å². The Hall–Kier alpha value is -1.55. The Bertz CT molecular complexity index is 428. The maximum absolute atomic E-state index is 11.0. The first-order valence-electron chi connectivity index (χ1n) is 3.33. The molecule has 7 heteroatoms. The van der Waals surface area contributed by atoms with Crippen molar-refractivity contribution < 1.29 is 12.8 Å². The van der Waals surface area contributed by atoms with E-state index >= 15 is 0 Å². The van der Waals surface area contributed by atoms with Crippen LogP contribution in [-0.2, 0) is 10.0 Å². The number of hydrogen-bond donors (Lipinski definition) is 1. The van der Waals surface area contributed by atoms with Crippen LogP contribution in [-0.4, -0.2) is 19.2 Å². The van der Waals surface area contributed by atoms with Crippen LogP contribution in [0, 0.1) is 18.3 Å². The summed E-state index contributed by atoms with van der Waals surface area (Å²) in [6.45, 7) is 1.66. The van der Waals surface area contributed by atoms with Gasteiger partial charge in [-0.3, -0.25) is 0 Å². The Morgan fingerprint density at radius 2 is 2.46 bits per heavy atom. The second-order valence-electron chi connectivity index (χ2n) is 2.31. The van der Waals surface area contributed by atoms with Gasteiger partial charge in [-0.15, -0.1) is 0 Å². The van der Waals surface area contributed by atoms with E-state index in [2.05, 4.69) is 4.98 Å². The number of aromatic nitrogens is 1. The molecule has 1 N–H and O–H groups in total. The summed E-state index contributed by atoms with van der Waals surface area (Å²) in [6, 6.07) is 1.40. The number of nitrogens with one attached hydrogen (secondary N) is 1. The van der Waals surface area contributed by atoms with Gasteiger partial charge in [0, 0.05) is 0 Å². The van der Waals surface area contributed by atoms with Gasteiger partial charge in [-0.2, -0.15) is 10.2 Å². The lowest BCUT2D eigenvalue weighted by Crippen LogP contribution is -2.15. The lowest BCUT2D eigenvalue weighted by Gasteiger charge is -1.97. The van der Waals surface area contributed by atoms with Crippen molar-refractivity contribution in [1.29, 1.82) is 5.26 Å². The van der Waals surface area contributed by atoms with Gasteiger partial charge in [0.25, 0.3) is 0 Å². The third-order valence-corrected chi connectivity index (χ3v) is 2.11. The number of anilines is 1. The third kappa shape index (κ3) is 2.76. The monoisotopic (exact) mass is 201 g/mol. The summed E-state index contributed by atoms with van der Waals surface area (Å²) in [5.41, 5.74) is 0.564. The van der Waals surface area contributed by atoms with Crippen LogP contribution in [0.25, 0.3) is 0 Å². The van der Waals surface area contributed by atoms with Crippen LogP contribution in [0.4, 0.5) is 6.01 Å². The Balaban J connectivity index is 2.76. The van der Waals surface area contributed by atoms with Crippen LogP contribution in [0.5, 0.6) is 0 Å². The minimum Gasteiger partial charge on any atom is -0.431 e. The maximum atomic E-state index is 11.0. The molecule has 0 aliphatic carbocycles. The number of nitriles is 1. The molecule has 1 heterocycles. The van der Waals surface area contributed by atoms with Gasteiger partial charge >= 0.3 is 6.01 Å². The molecular formula is C6H7N3O3S. The van der Waals surface area contributed by atoms with E-state index in [9.17, 15) is 8.42 Å². The van der Waals surface area contributed by atoms with Gasteiger partial charge in [-0.1, -0.05) is 0 Å². The second-order valence-corrected chi connectivity index (χ2v) is 4.04. The molecule has 1 aromatic rings. The fourth-order valence-electron chi connectivity index (χ4n) is 0.655. The van der Waals surface area contributed by atoms with Crippen molar-refractivity contribution in [2.75, 3.05) is 10.5 Å². The largest absolute Gasteiger partial charge is 0.431 e. The van der Waals surface area contributed by atoms with E-state index in [0.29, 0.717) is 5.69 Å². The highest BCUT2D eigenvalue weighted by atomic mass is 32.2. The zero-order valence-corrected chi connectivity index (χ0v) is 7.63. The number of oxazole rings is 1. The van der Waals surface area contributed by atoms with Crippen LogP contribution in [0.3, 0.4) is 0 Å². The van der Waals surface area contributed by atoms with E-state index in [4.69, 9.17) is 9.68 Å².